The van der Waals surface area contributed by atoms with Gasteiger partial charge in [-0.15, -0.1) is 0 Å². The summed E-state index contributed by atoms with van der Waals surface area (Å²) in [5.74, 6) is 1.79. The van der Waals surface area contributed by atoms with Gasteiger partial charge in [-0.25, -0.2) is 0 Å². The van der Waals surface area contributed by atoms with Crippen LogP contribution < -0.4 is 9.47 Å². The molecule has 1 aromatic rings. The summed E-state index contributed by atoms with van der Waals surface area (Å²) in [6, 6.07) is 5.95. The lowest BCUT2D eigenvalue weighted by molar-refractivity contribution is -0.132. The highest BCUT2D eigenvalue weighted by Crippen LogP contribution is 2.39. The summed E-state index contributed by atoms with van der Waals surface area (Å²) >= 11 is 0. The summed E-state index contributed by atoms with van der Waals surface area (Å²) in [5, 5.41) is 0. The molecule has 2 aliphatic heterocycles. The zero-order valence-corrected chi connectivity index (χ0v) is 14.6. The molecule has 5 heteroatoms. The van der Waals surface area contributed by atoms with E-state index in [9.17, 15) is 4.79 Å². The third-order valence-corrected chi connectivity index (χ3v) is 5.08. The topological polar surface area (TPSA) is 48.0 Å². The Balaban J connectivity index is 1.69. The van der Waals surface area contributed by atoms with Crippen molar-refractivity contribution in [3.8, 4) is 11.5 Å². The number of hydrogen-bond acceptors (Lipinski definition) is 4. The van der Waals surface area contributed by atoms with E-state index in [1.165, 1.54) is 0 Å². The van der Waals surface area contributed by atoms with Crippen LogP contribution in [0.2, 0.25) is 0 Å². The molecule has 0 aliphatic carbocycles. The number of carbonyl (C=O) groups excluding carboxylic acids is 1. The molecular formula is C19H27NO4. The Morgan fingerprint density at radius 3 is 2.83 bits per heavy atom. The third-order valence-electron chi connectivity index (χ3n) is 5.08. The van der Waals surface area contributed by atoms with E-state index in [0.717, 1.165) is 62.3 Å². The smallest absolute Gasteiger partial charge is 0.223 e. The maximum atomic E-state index is 12.7. The third kappa shape index (κ3) is 3.66. The molecule has 5 nitrogen and oxygen atoms in total. The zero-order valence-electron chi connectivity index (χ0n) is 14.6. The molecule has 1 amide bonds. The quantitative estimate of drug-likeness (QED) is 0.801. The van der Waals surface area contributed by atoms with Crippen molar-refractivity contribution in [3.05, 3.63) is 23.8 Å². The molecule has 0 saturated carbocycles. The lowest BCUT2D eigenvalue weighted by Gasteiger charge is -2.27. The minimum atomic E-state index is 0.0999. The van der Waals surface area contributed by atoms with Gasteiger partial charge < -0.3 is 19.1 Å². The highest BCUT2D eigenvalue weighted by Gasteiger charge is 2.32. The van der Waals surface area contributed by atoms with Crippen LogP contribution in [0.3, 0.4) is 0 Å². The second-order valence-electron chi connectivity index (χ2n) is 6.53. The Bertz CT molecular complexity index is 568. The lowest BCUT2D eigenvalue weighted by atomic mass is 10.0. The second-order valence-corrected chi connectivity index (χ2v) is 6.53. The van der Waals surface area contributed by atoms with E-state index in [1.54, 1.807) is 14.2 Å². The first-order valence-corrected chi connectivity index (χ1v) is 8.86. The van der Waals surface area contributed by atoms with Crippen molar-refractivity contribution in [1.29, 1.82) is 0 Å². The van der Waals surface area contributed by atoms with E-state index in [-0.39, 0.29) is 18.1 Å². The molecule has 2 unspecified atom stereocenters. The molecule has 0 aromatic heterocycles. The molecular weight excluding hydrogens is 306 g/mol. The van der Waals surface area contributed by atoms with Crippen molar-refractivity contribution < 1.29 is 19.0 Å². The van der Waals surface area contributed by atoms with E-state index in [1.807, 2.05) is 23.1 Å². The molecule has 3 rings (SSSR count). The fourth-order valence-electron chi connectivity index (χ4n) is 3.78. The summed E-state index contributed by atoms with van der Waals surface area (Å²) in [5.41, 5.74) is 1.07. The molecule has 0 spiro atoms. The Hall–Kier alpha value is -1.75. The van der Waals surface area contributed by atoms with E-state index < -0.39 is 0 Å². The standard InChI is InChI=1S/C19H27NO4/c1-22-15-7-9-16(18(13-15)23-2)17-6-3-11-20(17)19(21)10-8-14-5-4-12-24-14/h7,9,13-14,17H,3-6,8,10-12H2,1-2H3. The maximum Gasteiger partial charge on any atom is 0.223 e. The van der Waals surface area contributed by atoms with Crippen LogP contribution >= 0.6 is 0 Å². The first-order chi connectivity index (χ1) is 11.7. The largest absolute Gasteiger partial charge is 0.497 e. The van der Waals surface area contributed by atoms with Crippen LogP contribution in [0, 0.1) is 0 Å². The Kier molecular flexibility index (Phi) is 5.61. The van der Waals surface area contributed by atoms with Gasteiger partial charge in [-0.05, 0) is 44.2 Å². The fourth-order valence-corrected chi connectivity index (χ4v) is 3.78. The van der Waals surface area contributed by atoms with Gasteiger partial charge in [0.05, 0.1) is 26.4 Å². The van der Waals surface area contributed by atoms with Crippen LogP contribution in [0.1, 0.15) is 50.1 Å². The van der Waals surface area contributed by atoms with Gasteiger partial charge >= 0.3 is 0 Å². The first kappa shape index (κ1) is 17.1. The molecule has 132 valence electrons. The molecule has 2 saturated heterocycles. The molecule has 2 heterocycles. The second kappa shape index (κ2) is 7.88. The SMILES string of the molecule is COc1ccc(C2CCCN2C(=O)CCC2CCCO2)c(OC)c1. The van der Waals surface area contributed by atoms with E-state index in [0.29, 0.717) is 6.42 Å². The number of hydrogen-bond donors (Lipinski definition) is 0. The Morgan fingerprint density at radius 1 is 1.25 bits per heavy atom. The average molecular weight is 333 g/mol. The zero-order chi connectivity index (χ0) is 16.9. The summed E-state index contributed by atoms with van der Waals surface area (Å²) in [7, 11) is 3.31. The molecule has 24 heavy (non-hydrogen) atoms. The van der Waals surface area contributed by atoms with Crippen LogP contribution in [-0.4, -0.2) is 44.3 Å². The summed E-state index contributed by atoms with van der Waals surface area (Å²) in [4.78, 5) is 14.7. The summed E-state index contributed by atoms with van der Waals surface area (Å²) in [6.07, 6.45) is 5.89. The van der Waals surface area contributed by atoms with E-state index in [4.69, 9.17) is 14.2 Å². The van der Waals surface area contributed by atoms with Crippen molar-refractivity contribution in [1.82, 2.24) is 4.90 Å². The number of rotatable bonds is 6. The van der Waals surface area contributed by atoms with E-state index >= 15 is 0 Å². The minimum absolute atomic E-state index is 0.0999. The van der Waals surface area contributed by atoms with Crippen LogP contribution in [0.4, 0.5) is 0 Å². The van der Waals surface area contributed by atoms with Crippen molar-refractivity contribution in [3.63, 3.8) is 0 Å². The van der Waals surface area contributed by atoms with E-state index in [2.05, 4.69) is 0 Å². The fraction of sp³-hybridized carbons (Fsp3) is 0.632. The van der Waals surface area contributed by atoms with Crippen LogP contribution in [0.25, 0.3) is 0 Å². The molecule has 1 aromatic carbocycles. The molecule has 2 atom stereocenters. The highest BCUT2D eigenvalue weighted by atomic mass is 16.5. The summed E-state index contributed by atoms with van der Waals surface area (Å²) < 4.78 is 16.4. The maximum absolute atomic E-state index is 12.7. The summed E-state index contributed by atoms with van der Waals surface area (Å²) in [6.45, 7) is 1.67. The van der Waals surface area contributed by atoms with Gasteiger partial charge in [-0.1, -0.05) is 0 Å². The number of carbonyl (C=O) groups is 1. The van der Waals surface area contributed by atoms with Gasteiger partial charge in [0.1, 0.15) is 11.5 Å². The average Bonchev–Trinajstić information content (AvgIpc) is 3.30. The predicted octanol–water partition coefficient (Wildman–Crippen LogP) is 3.33. The number of benzene rings is 1. The number of amides is 1. The molecule has 2 fully saturated rings. The molecule has 2 aliphatic rings. The number of nitrogens with zero attached hydrogens (tertiary/aromatic N) is 1. The van der Waals surface area contributed by atoms with Gasteiger partial charge in [-0.3, -0.25) is 4.79 Å². The predicted molar refractivity (Wildman–Crippen MR) is 91.4 cm³/mol. The van der Waals surface area contributed by atoms with Gasteiger partial charge in [0.2, 0.25) is 5.91 Å². The van der Waals surface area contributed by atoms with Crippen LogP contribution in [-0.2, 0) is 9.53 Å². The van der Waals surface area contributed by atoms with Crippen molar-refractivity contribution >= 4 is 5.91 Å². The molecule has 0 bridgehead atoms. The van der Waals surface area contributed by atoms with Gasteiger partial charge in [0.15, 0.2) is 0 Å². The number of likely N-dealkylation sites (tertiary alicyclic amines) is 1. The van der Waals surface area contributed by atoms with Crippen LogP contribution in [0.15, 0.2) is 18.2 Å². The first-order valence-electron chi connectivity index (χ1n) is 8.86. The van der Waals surface area contributed by atoms with Gasteiger partial charge in [0, 0.05) is 31.2 Å². The van der Waals surface area contributed by atoms with Gasteiger partial charge in [-0.2, -0.15) is 0 Å². The lowest BCUT2D eigenvalue weighted by Crippen LogP contribution is -2.31. The highest BCUT2D eigenvalue weighted by molar-refractivity contribution is 5.77. The Labute approximate surface area is 143 Å². The number of methoxy groups -OCH3 is 2. The van der Waals surface area contributed by atoms with Crippen molar-refractivity contribution in [2.24, 2.45) is 0 Å². The Morgan fingerprint density at radius 2 is 2.12 bits per heavy atom. The number of ether oxygens (including phenoxy) is 3. The minimum Gasteiger partial charge on any atom is -0.497 e. The molecule has 0 N–H and O–H groups in total. The molecule has 0 radical (unpaired) electrons. The monoisotopic (exact) mass is 333 g/mol. The normalized spacial score (nSPS) is 23.5. The van der Waals surface area contributed by atoms with Crippen molar-refractivity contribution in [2.45, 2.75) is 50.7 Å². The van der Waals surface area contributed by atoms with Gasteiger partial charge in [0.25, 0.3) is 0 Å². The van der Waals surface area contributed by atoms with Crippen molar-refractivity contribution in [2.75, 3.05) is 27.4 Å². The van der Waals surface area contributed by atoms with Crippen LogP contribution in [0.5, 0.6) is 11.5 Å².